The quantitative estimate of drug-likeness (QED) is 0.190. The van der Waals surface area contributed by atoms with Gasteiger partial charge in [-0.2, -0.15) is 0 Å². The molecule has 0 saturated carbocycles. The van der Waals surface area contributed by atoms with Gasteiger partial charge in [0.05, 0.1) is 27.5 Å². The molecule has 3 heteroatoms. The highest BCUT2D eigenvalue weighted by Gasteiger charge is 2.51. The summed E-state index contributed by atoms with van der Waals surface area (Å²) >= 11 is 0. The number of hydrogen-bond acceptors (Lipinski definition) is 2. The highest BCUT2D eigenvalue weighted by molar-refractivity contribution is 6.13. The van der Waals surface area contributed by atoms with Crippen molar-refractivity contribution in [3.05, 3.63) is 204 Å². The summed E-state index contributed by atoms with van der Waals surface area (Å²) < 4.78 is 9.43. The minimum atomic E-state index is -0.527. The Labute approximate surface area is 295 Å². The second-order valence-electron chi connectivity index (χ2n) is 13.5. The molecule has 0 fully saturated rings. The zero-order valence-corrected chi connectivity index (χ0v) is 27.6. The van der Waals surface area contributed by atoms with Gasteiger partial charge in [-0.05, 0) is 63.7 Å². The Balaban J connectivity index is 1.25. The summed E-state index contributed by atoms with van der Waals surface area (Å²) in [7, 11) is 0. The van der Waals surface area contributed by atoms with Crippen LogP contribution in [0.5, 0.6) is 11.5 Å². The fourth-order valence-corrected chi connectivity index (χ4v) is 8.80. The fourth-order valence-electron chi connectivity index (χ4n) is 8.80. The van der Waals surface area contributed by atoms with E-state index in [-0.39, 0.29) is 0 Å². The van der Waals surface area contributed by atoms with Gasteiger partial charge >= 0.3 is 0 Å². The van der Waals surface area contributed by atoms with E-state index < -0.39 is 5.41 Å². The number of hydrogen-bond donors (Lipinski definition) is 0. The van der Waals surface area contributed by atoms with Gasteiger partial charge in [-0.15, -0.1) is 0 Å². The lowest BCUT2D eigenvalue weighted by Gasteiger charge is -2.39. The summed E-state index contributed by atoms with van der Waals surface area (Å²) in [6.45, 7) is 0. The van der Waals surface area contributed by atoms with Crippen LogP contribution in [0.3, 0.4) is 0 Å². The van der Waals surface area contributed by atoms with Gasteiger partial charge < -0.3 is 4.74 Å². The van der Waals surface area contributed by atoms with Gasteiger partial charge in [0.25, 0.3) is 0 Å². The minimum absolute atomic E-state index is 0.527. The molecule has 1 aliphatic heterocycles. The Bertz CT molecular complexity index is 2730. The van der Waals surface area contributed by atoms with Crippen LogP contribution in [0.2, 0.25) is 0 Å². The van der Waals surface area contributed by atoms with Gasteiger partial charge in [0, 0.05) is 22.1 Å². The lowest BCUT2D eigenvalue weighted by atomic mass is 9.66. The fraction of sp³-hybridized carbons (Fsp3) is 0.0208. The van der Waals surface area contributed by atoms with Gasteiger partial charge in [-0.25, -0.2) is 4.98 Å². The molecule has 2 aromatic heterocycles. The number of rotatable bonds is 3. The number of pyridine rings is 1. The second kappa shape index (κ2) is 10.6. The molecule has 0 N–H and O–H groups in total. The molecule has 0 saturated heterocycles. The van der Waals surface area contributed by atoms with Crippen LogP contribution in [0.15, 0.2) is 182 Å². The molecule has 0 radical (unpaired) electrons. The van der Waals surface area contributed by atoms with Gasteiger partial charge in [0.15, 0.2) is 0 Å². The maximum absolute atomic E-state index is 7.12. The van der Waals surface area contributed by atoms with Crippen molar-refractivity contribution in [1.82, 2.24) is 9.55 Å². The first kappa shape index (κ1) is 28.2. The van der Waals surface area contributed by atoms with Crippen LogP contribution in [0.4, 0.5) is 0 Å². The normalized spacial score (nSPS) is 13.4. The van der Waals surface area contributed by atoms with Crippen LogP contribution in [0.1, 0.15) is 22.3 Å². The molecule has 0 unspecified atom stereocenters. The van der Waals surface area contributed by atoms with Gasteiger partial charge in [0.1, 0.15) is 17.3 Å². The van der Waals surface area contributed by atoms with E-state index in [4.69, 9.17) is 9.72 Å². The van der Waals surface area contributed by atoms with Gasteiger partial charge in [0.2, 0.25) is 0 Å². The zero-order valence-electron chi connectivity index (χ0n) is 27.6. The smallest absolute Gasteiger partial charge is 0.142 e. The van der Waals surface area contributed by atoms with Crippen molar-refractivity contribution in [3.63, 3.8) is 0 Å². The highest BCUT2D eigenvalue weighted by atomic mass is 16.5. The molecule has 0 amide bonds. The van der Waals surface area contributed by atoms with E-state index in [9.17, 15) is 0 Å². The Morgan fingerprint density at radius 1 is 0.451 bits per heavy atom. The van der Waals surface area contributed by atoms with Crippen LogP contribution < -0.4 is 4.74 Å². The summed E-state index contributed by atoms with van der Waals surface area (Å²) in [5, 5.41) is 2.22. The standard InChI is InChI=1S/C48H30N2O/c1-3-15-31(16-4-1)33-29-41(32-17-5-2-6-18-32)49-45(30-33)50-42-25-13-9-21-36(42)46-43(50)28-27-40-47(46)51-44-26-14-12-24-39(44)48(40)37-22-10-7-19-34(37)35-20-8-11-23-38(35)48/h1-30H. The Hall–Kier alpha value is -6.71. The SMILES string of the molecule is c1ccc(-c2cc(-c3ccccc3)nc(-n3c4ccccc4c4c5c(ccc43)C3(c4ccccc4O5)c4ccccc4-c4ccccc43)c2)cc1. The van der Waals surface area contributed by atoms with Crippen molar-refractivity contribution >= 4 is 21.8 Å². The van der Waals surface area contributed by atoms with E-state index in [1.54, 1.807) is 0 Å². The predicted octanol–water partition coefficient (Wildman–Crippen LogP) is 12.0. The van der Waals surface area contributed by atoms with E-state index in [0.717, 1.165) is 67.1 Å². The lowest BCUT2D eigenvalue weighted by molar-refractivity contribution is 0.442. The molecule has 3 heterocycles. The monoisotopic (exact) mass is 650 g/mol. The summed E-state index contributed by atoms with van der Waals surface area (Å²) in [6.07, 6.45) is 0. The number of aromatic nitrogens is 2. The molecule has 9 aromatic rings. The summed E-state index contributed by atoms with van der Waals surface area (Å²) in [5.41, 5.74) is 13.3. The number of fused-ring (bicyclic) bond motifs is 13. The molecule has 1 aliphatic carbocycles. The highest BCUT2D eigenvalue weighted by Crippen LogP contribution is 2.63. The summed E-state index contributed by atoms with van der Waals surface area (Å²) in [4.78, 5) is 5.37. The Morgan fingerprint density at radius 2 is 1.06 bits per heavy atom. The van der Waals surface area contributed by atoms with E-state index in [2.05, 4.69) is 180 Å². The largest absolute Gasteiger partial charge is 0.456 e. The molecule has 2 aliphatic rings. The first-order chi connectivity index (χ1) is 25.3. The molecule has 1 spiro atoms. The lowest BCUT2D eigenvalue weighted by Crippen LogP contribution is -2.32. The van der Waals surface area contributed by atoms with Crippen LogP contribution >= 0.6 is 0 Å². The molecule has 51 heavy (non-hydrogen) atoms. The Kier molecular flexibility index (Phi) is 5.88. The number of ether oxygens (including phenoxy) is 1. The molecule has 3 nitrogen and oxygen atoms in total. The van der Waals surface area contributed by atoms with Crippen LogP contribution in [-0.2, 0) is 5.41 Å². The molecular weight excluding hydrogens is 621 g/mol. The van der Waals surface area contributed by atoms with Crippen molar-refractivity contribution in [2.24, 2.45) is 0 Å². The number of para-hydroxylation sites is 2. The van der Waals surface area contributed by atoms with E-state index in [1.807, 2.05) is 6.07 Å². The predicted molar refractivity (Wildman–Crippen MR) is 207 cm³/mol. The maximum atomic E-state index is 7.12. The van der Waals surface area contributed by atoms with Crippen LogP contribution in [0.25, 0.3) is 61.1 Å². The zero-order chi connectivity index (χ0) is 33.5. The van der Waals surface area contributed by atoms with Crippen molar-refractivity contribution in [2.45, 2.75) is 5.41 Å². The van der Waals surface area contributed by atoms with Crippen molar-refractivity contribution in [3.8, 4) is 50.8 Å². The Morgan fingerprint density at radius 3 is 1.80 bits per heavy atom. The molecule has 238 valence electrons. The first-order valence-corrected chi connectivity index (χ1v) is 17.5. The average Bonchev–Trinajstić information content (AvgIpc) is 3.70. The average molecular weight is 651 g/mol. The van der Waals surface area contributed by atoms with E-state index in [1.165, 1.54) is 27.8 Å². The van der Waals surface area contributed by atoms with E-state index in [0.29, 0.717) is 0 Å². The third-order valence-corrected chi connectivity index (χ3v) is 10.9. The van der Waals surface area contributed by atoms with Crippen molar-refractivity contribution in [2.75, 3.05) is 0 Å². The molecule has 7 aromatic carbocycles. The molecule has 11 rings (SSSR count). The second-order valence-corrected chi connectivity index (χ2v) is 13.5. The summed E-state index contributed by atoms with van der Waals surface area (Å²) in [5.74, 6) is 2.65. The number of benzene rings is 7. The van der Waals surface area contributed by atoms with Gasteiger partial charge in [-0.3, -0.25) is 4.57 Å². The third kappa shape index (κ3) is 3.86. The minimum Gasteiger partial charge on any atom is -0.456 e. The topological polar surface area (TPSA) is 27.1 Å². The summed E-state index contributed by atoms with van der Waals surface area (Å²) in [6, 6.07) is 65.1. The van der Waals surface area contributed by atoms with Crippen molar-refractivity contribution < 1.29 is 4.74 Å². The third-order valence-electron chi connectivity index (χ3n) is 10.9. The molecule has 0 atom stereocenters. The van der Waals surface area contributed by atoms with Crippen LogP contribution in [-0.4, -0.2) is 9.55 Å². The van der Waals surface area contributed by atoms with Crippen molar-refractivity contribution in [1.29, 1.82) is 0 Å². The first-order valence-electron chi connectivity index (χ1n) is 17.5. The van der Waals surface area contributed by atoms with Gasteiger partial charge in [-0.1, -0.05) is 152 Å². The molecular formula is C48H30N2O. The molecule has 0 bridgehead atoms. The van der Waals surface area contributed by atoms with E-state index >= 15 is 0 Å². The maximum Gasteiger partial charge on any atom is 0.142 e. The number of nitrogens with zero attached hydrogens (tertiary/aromatic N) is 2. The van der Waals surface area contributed by atoms with Crippen LogP contribution in [0, 0.1) is 0 Å².